The van der Waals surface area contributed by atoms with Crippen molar-refractivity contribution >= 4 is 11.6 Å². The van der Waals surface area contributed by atoms with Crippen LogP contribution in [0, 0.1) is 11.8 Å². The molecule has 1 rings (SSSR count). The second-order valence-electron chi connectivity index (χ2n) is 2.98. The fraction of sp³-hybridized carbons (Fsp3) is 0.273. The fourth-order valence-corrected chi connectivity index (χ4v) is 0.969. The highest BCUT2D eigenvalue weighted by Crippen LogP contribution is 2.03. The standard InChI is InChI=1S/C11H13N3O/c1-9(15)13-7-3-2-6-11-10(12)5-4-8-14-11/h4-5,8H,3,7,12H2,1H3,(H,13,15). The van der Waals surface area contributed by atoms with Gasteiger partial charge in [-0.1, -0.05) is 5.92 Å². The van der Waals surface area contributed by atoms with E-state index in [9.17, 15) is 4.79 Å². The summed E-state index contributed by atoms with van der Waals surface area (Å²) in [6.07, 6.45) is 2.24. The first-order valence-electron chi connectivity index (χ1n) is 4.64. The number of amides is 1. The summed E-state index contributed by atoms with van der Waals surface area (Å²) >= 11 is 0. The van der Waals surface area contributed by atoms with Gasteiger partial charge >= 0.3 is 0 Å². The third-order valence-electron chi connectivity index (χ3n) is 1.67. The number of pyridine rings is 1. The van der Waals surface area contributed by atoms with Crippen molar-refractivity contribution in [1.29, 1.82) is 0 Å². The molecule has 0 aliphatic heterocycles. The van der Waals surface area contributed by atoms with E-state index in [0.29, 0.717) is 24.3 Å². The zero-order valence-electron chi connectivity index (χ0n) is 8.58. The predicted octanol–water partition coefficient (Wildman–Crippen LogP) is 0.541. The van der Waals surface area contributed by atoms with Gasteiger partial charge in [0.2, 0.25) is 5.91 Å². The molecule has 4 nitrogen and oxygen atoms in total. The summed E-state index contributed by atoms with van der Waals surface area (Å²) in [7, 11) is 0. The Balaban J connectivity index is 2.45. The minimum absolute atomic E-state index is 0.0471. The number of nitrogen functional groups attached to an aromatic ring is 1. The monoisotopic (exact) mass is 203 g/mol. The molecule has 0 aliphatic carbocycles. The lowest BCUT2D eigenvalue weighted by Crippen LogP contribution is -2.20. The van der Waals surface area contributed by atoms with Gasteiger partial charge in [-0.15, -0.1) is 0 Å². The van der Waals surface area contributed by atoms with E-state index in [1.54, 1.807) is 18.3 Å². The molecule has 0 aliphatic rings. The van der Waals surface area contributed by atoms with Gasteiger partial charge in [-0.05, 0) is 18.1 Å². The van der Waals surface area contributed by atoms with E-state index in [4.69, 9.17) is 5.73 Å². The smallest absolute Gasteiger partial charge is 0.216 e. The molecule has 0 aromatic carbocycles. The highest BCUT2D eigenvalue weighted by Gasteiger charge is 1.92. The van der Waals surface area contributed by atoms with Crippen LogP contribution in [0.4, 0.5) is 5.69 Å². The highest BCUT2D eigenvalue weighted by atomic mass is 16.1. The molecule has 0 saturated heterocycles. The van der Waals surface area contributed by atoms with E-state index in [-0.39, 0.29) is 5.91 Å². The quantitative estimate of drug-likeness (QED) is 0.544. The first kappa shape index (κ1) is 11.1. The summed E-state index contributed by atoms with van der Waals surface area (Å²) in [5.41, 5.74) is 6.81. The van der Waals surface area contributed by atoms with Gasteiger partial charge in [0.15, 0.2) is 0 Å². The van der Waals surface area contributed by atoms with Gasteiger partial charge in [0, 0.05) is 26.1 Å². The van der Waals surface area contributed by atoms with Crippen LogP contribution in [-0.4, -0.2) is 17.4 Å². The lowest BCUT2D eigenvalue weighted by atomic mass is 10.3. The maximum absolute atomic E-state index is 10.5. The Labute approximate surface area is 88.9 Å². The summed E-state index contributed by atoms with van der Waals surface area (Å²) in [6, 6.07) is 3.52. The van der Waals surface area contributed by atoms with Gasteiger partial charge in [0.05, 0.1) is 5.69 Å². The maximum atomic E-state index is 10.5. The minimum Gasteiger partial charge on any atom is -0.396 e. The average molecular weight is 203 g/mol. The van der Waals surface area contributed by atoms with Gasteiger partial charge in [-0.3, -0.25) is 4.79 Å². The van der Waals surface area contributed by atoms with Crippen molar-refractivity contribution in [1.82, 2.24) is 10.3 Å². The summed E-state index contributed by atoms with van der Waals surface area (Å²) < 4.78 is 0. The Bertz CT molecular complexity index is 404. The summed E-state index contributed by atoms with van der Waals surface area (Å²) in [5, 5.41) is 2.65. The first-order valence-corrected chi connectivity index (χ1v) is 4.64. The molecule has 0 spiro atoms. The molecule has 78 valence electrons. The van der Waals surface area contributed by atoms with Crippen molar-refractivity contribution < 1.29 is 4.79 Å². The molecule has 15 heavy (non-hydrogen) atoms. The van der Waals surface area contributed by atoms with Crippen molar-refractivity contribution in [3.63, 3.8) is 0 Å². The zero-order valence-corrected chi connectivity index (χ0v) is 8.58. The number of hydrogen-bond acceptors (Lipinski definition) is 3. The zero-order chi connectivity index (χ0) is 11.1. The Morgan fingerprint density at radius 1 is 1.67 bits per heavy atom. The minimum atomic E-state index is -0.0471. The van der Waals surface area contributed by atoms with E-state index in [2.05, 4.69) is 22.1 Å². The number of anilines is 1. The summed E-state index contributed by atoms with van der Waals surface area (Å²) in [6.45, 7) is 2.03. The van der Waals surface area contributed by atoms with Crippen LogP contribution < -0.4 is 11.1 Å². The number of hydrogen-bond donors (Lipinski definition) is 2. The van der Waals surface area contributed by atoms with E-state index < -0.39 is 0 Å². The summed E-state index contributed by atoms with van der Waals surface area (Å²) in [5.74, 6) is 5.69. The van der Waals surface area contributed by atoms with Gasteiger partial charge in [0.25, 0.3) is 0 Å². The van der Waals surface area contributed by atoms with Gasteiger partial charge in [-0.2, -0.15) is 0 Å². The molecule has 0 atom stereocenters. The topological polar surface area (TPSA) is 68.0 Å². The second kappa shape index (κ2) is 5.66. The molecular formula is C11H13N3O. The molecule has 0 radical (unpaired) electrons. The number of carbonyl (C=O) groups excluding carboxylic acids is 1. The summed E-state index contributed by atoms with van der Waals surface area (Å²) in [4.78, 5) is 14.6. The normalized spacial score (nSPS) is 8.87. The molecule has 0 bridgehead atoms. The largest absolute Gasteiger partial charge is 0.396 e. The number of nitrogens with zero attached hydrogens (tertiary/aromatic N) is 1. The lowest BCUT2D eigenvalue weighted by Gasteiger charge is -1.95. The van der Waals surface area contributed by atoms with Crippen molar-refractivity contribution in [2.75, 3.05) is 12.3 Å². The van der Waals surface area contributed by atoms with Crippen LogP contribution in [0.15, 0.2) is 18.3 Å². The Morgan fingerprint density at radius 2 is 2.47 bits per heavy atom. The van der Waals surface area contributed by atoms with Crippen LogP contribution in [0.5, 0.6) is 0 Å². The SMILES string of the molecule is CC(=O)NCCC#Cc1ncccc1N. The average Bonchev–Trinajstić information content (AvgIpc) is 2.20. The van der Waals surface area contributed by atoms with Crippen LogP contribution >= 0.6 is 0 Å². The molecule has 0 saturated carbocycles. The van der Waals surface area contributed by atoms with Gasteiger partial charge < -0.3 is 11.1 Å². The molecule has 1 aromatic rings. The second-order valence-corrected chi connectivity index (χ2v) is 2.98. The van der Waals surface area contributed by atoms with Gasteiger partial charge in [-0.25, -0.2) is 4.98 Å². The number of aromatic nitrogens is 1. The number of carbonyl (C=O) groups is 1. The Hall–Kier alpha value is -2.02. The molecule has 1 heterocycles. The molecule has 0 fully saturated rings. The van der Waals surface area contributed by atoms with Crippen LogP contribution in [0.25, 0.3) is 0 Å². The van der Waals surface area contributed by atoms with Crippen molar-refractivity contribution in [3.05, 3.63) is 24.0 Å². The molecule has 1 amide bonds. The predicted molar refractivity (Wildman–Crippen MR) is 58.8 cm³/mol. The van der Waals surface area contributed by atoms with E-state index >= 15 is 0 Å². The van der Waals surface area contributed by atoms with Crippen molar-refractivity contribution in [2.24, 2.45) is 0 Å². The maximum Gasteiger partial charge on any atom is 0.216 e. The van der Waals surface area contributed by atoms with Crippen LogP contribution in [0.3, 0.4) is 0 Å². The Morgan fingerprint density at radius 3 is 3.13 bits per heavy atom. The van der Waals surface area contributed by atoms with Crippen molar-refractivity contribution in [2.45, 2.75) is 13.3 Å². The third-order valence-corrected chi connectivity index (χ3v) is 1.67. The van der Waals surface area contributed by atoms with Gasteiger partial charge in [0.1, 0.15) is 5.69 Å². The molecule has 1 aromatic heterocycles. The fourth-order valence-electron chi connectivity index (χ4n) is 0.969. The van der Waals surface area contributed by atoms with E-state index in [0.717, 1.165) is 0 Å². The Kier molecular flexibility index (Phi) is 4.17. The highest BCUT2D eigenvalue weighted by molar-refractivity contribution is 5.72. The van der Waals surface area contributed by atoms with Crippen LogP contribution in [0.1, 0.15) is 19.0 Å². The molecular weight excluding hydrogens is 190 g/mol. The first-order chi connectivity index (χ1) is 7.20. The number of nitrogens with one attached hydrogen (secondary N) is 1. The molecule has 4 heteroatoms. The van der Waals surface area contributed by atoms with Crippen molar-refractivity contribution in [3.8, 4) is 11.8 Å². The van der Waals surface area contributed by atoms with Crippen LogP contribution in [-0.2, 0) is 4.79 Å². The third kappa shape index (κ3) is 4.14. The van der Waals surface area contributed by atoms with Crippen LogP contribution in [0.2, 0.25) is 0 Å². The number of rotatable bonds is 2. The molecule has 0 unspecified atom stereocenters. The lowest BCUT2D eigenvalue weighted by molar-refractivity contribution is -0.118. The van der Waals surface area contributed by atoms with E-state index in [1.807, 2.05) is 0 Å². The van der Waals surface area contributed by atoms with E-state index in [1.165, 1.54) is 6.92 Å². The molecule has 3 N–H and O–H groups in total. The number of nitrogens with two attached hydrogens (primary N) is 1.